The number of pyridine rings is 1. The number of hydrogen-bond donors (Lipinski definition) is 2. The molecule has 0 unspecified atom stereocenters. The number of methoxy groups -OCH3 is 1. The van der Waals surface area contributed by atoms with Crippen LogP contribution in [-0.2, 0) is 0 Å². The summed E-state index contributed by atoms with van der Waals surface area (Å²) in [7, 11) is 0.565. The van der Waals surface area contributed by atoms with Crippen LogP contribution < -0.4 is 15.1 Å². The lowest BCUT2D eigenvalue weighted by molar-refractivity contribution is 0.398. The third-order valence-electron chi connectivity index (χ3n) is 3.05. The SMILES string of the molecule is COc1cccc(N2N=Cc3cc(O)ccc3B2O)n1.O. The Labute approximate surface area is 121 Å². The van der Waals surface area contributed by atoms with Gasteiger partial charge in [0, 0.05) is 6.07 Å². The van der Waals surface area contributed by atoms with Crippen molar-refractivity contribution in [1.82, 2.24) is 4.98 Å². The lowest BCUT2D eigenvalue weighted by atomic mass is 9.70. The fourth-order valence-corrected chi connectivity index (χ4v) is 2.06. The molecule has 1 aliphatic rings. The molecule has 2 aromatic rings. The highest BCUT2D eigenvalue weighted by molar-refractivity contribution is 6.71. The zero-order valence-corrected chi connectivity index (χ0v) is 11.3. The normalized spacial score (nSPS) is 12.7. The molecule has 0 saturated heterocycles. The van der Waals surface area contributed by atoms with Crippen LogP contribution in [0.2, 0.25) is 0 Å². The number of phenolic OH excluding ortho intramolecular Hbond substituents is 1. The topological polar surface area (TPSA) is 110 Å². The second-order valence-electron chi connectivity index (χ2n) is 4.31. The molecule has 21 heavy (non-hydrogen) atoms. The number of anilines is 1. The molecule has 0 spiro atoms. The predicted molar refractivity (Wildman–Crippen MR) is 80.2 cm³/mol. The number of hydrogen-bond acceptors (Lipinski definition) is 6. The van der Waals surface area contributed by atoms with Crippen LogP contribution in [0.3, 0.4) is 0 Å². The minimum atomic E-state index is -0.963. The Hall–Kier alpha value is -2.58. The second kappa shape index (κ2) is 5.82. The van der Waals surface area contributed by atoms with Crippen LogP contribution in [-0.4, -0.2) is 41.0 Å². The lowest BCUT2D eigenvalue weighted by Gasteiger charge is -2.25. The predicted octanol–water partition coefficient (Wildman–Crippen LogP) is -0.487. The Bertz CT molecular complexity index is 680. The van der Waals surface area contributed by atoms with Gasteiger partial charge < -0.3 is 20.3 Å². The van der Waals surface area contributed by atoms with Crippen molar-refractivity contribution in [2.75, 3.05) is 12.0 Å². The molecule has 0 fully saturated rings. The highest BCUT2D eigenvalue weighted by atomic mass is 16.5. The summed E-state index contributed by atoms with van der Waals surface area (Å²) in [5.74, 6) is 1.06. The lowest BCUT2D eigenvalue weighted by Crippen LogP contribution is -2.50. The number of ether oxygens (including phenoxy) is 1. The summed E-state index contributed by atoms with van der Waals surface area (Å²) in [6, 6.07) is 9.96. The van der Waals surface area contributed by atoms with Crippen molar-refractivity contribution in [2.45, 2.75) is 0 Å². The molecule has 1 aromatic carbocycles. The molecule has 4 N–H and O–H groups in total. The van der Waals surface area contributed by atoms with E-state index in [-0.39, 0.29) is 11.2 Å². The number of rotatable bonds is 2. The van der Waals surface area contributed by atoms with Crippen LogP contribution in [0.15, 0.2) is 41.5 Å². The first kappa shape index (κ1) is 14.8. The van der Waals surface area contributed by atoms with E-state index in [2.05, 4.69) is 10.1 Å². The Kier molecular flexibility index (Phi) is 4.11. The molecular formula is C13H14BN3O4. The summed E-state index contributed by atoms with van der Waals surface area (Å²) < 4.78 is 5.06. The second-order valence-corrected chi connectivity index (χ2v) is 4.31. The van der Waals surface area contributed by atoms with Gasteiger partial charge in [0.1, 0.15) is 11.6 Å². The fraction of sp³-hybridized carbons (Fsp3) is 0.0769. The molecule has 0 radical (unpaired) electrons. The van der Waals surface area contributed by atoms with E-state index in [0.29, 0.717) is 22.7 Å². The number of hydrazone groups is 1. The van der Waals surface area contributed by atoms with Crippen LogP contribution in [0.5, 0.6) is 11.6 Å². The van der Waals surface area contributed by atoms with E-state index in [0.717, 1.165) is 0 Å². The third-order valence-corrected chi connectivity index (χ3v) is 3.05. The minimum Gasteiger partial charge on any atom is -0.508 e. The van der Waals surface area contributed by atoms with Crippen molar-refractivity contribution in [1.29, 1.82) is 0 Å². The molecular weight excluding hydrogens is 273 g/mol. The Morgan fingerprint density at radius 3 is 2.81 bits per heavy atom. The molecule has 1 aromatic heterocycles. The molecule has 0 amide bonds. The zero-order valence-electron chi connectivity index (χ0n) is 11.3. The van der Waals surface area contributed by atoms with Gasteiger partial charge in [0.15, 0.2) is 0 Å². The van der Waals surface area contributed by atoms with Gasteiger partial charge in [-0.3, -0.25) is 4.92 Å². The van der Waals surface area contributed by atoms with Gasteiger partial charge in [-0.2, -0.15) is 10.1 Å². The Balaban J connectivity index is 0.00000161. The van der Waals surface area contributed by atoms with Gasteiger partial charge in [-0.15, -0.1) is 0 Å². The summed E-state index contributed by atoms with van der Waals surface area (Å²) in [6.45, 7) is 0. The zero-order chi connectivity index (χ0) is 14.1. The summed E-state index contributed by atoms with van der Waals surface area (Å²) in [4.78, 5) is 5.63. The molecule has 0 atom stereocenters. The standard InChI is InChI=1S/C13H12BN3O3.H2O/c1-20-13-4-2-3-12(16-13)17-14(19)11-6-5-10(18)7-9(11)8-15-17;/h2-8,18-19H,1H3;1H2. The van der Waals surface area contributed by atoms with Gasteiger partial charge >= 0.3 is 7.05 Å². The highest BCUT2D eigenvalue weighted by Gasteiger charge is 2.31. The number of benzene rings is 1. The van der Waals surface area contributed by atoms with Gasteiger partial charge in [0.05, 0.1) is 13.3 Å². The summed E-state index contributed by atoms with van der Waals surface area (Å²) in [5.41, 5.74) is 1.33. The van der Waals surface area contributed by atoms with Gasteiger partial charge in [-0.05, 0) is 29.2 Å². The maximum absolute atomic E-state index is 10.4. The first-order valence-corrected chi connectivity index (χ1v) is 6.04. The largest absolute Gasteiger partial charge is 0.508 e. The maximum Gasteiger partial charge on any atom is 0.473 e. The van der Waals surface area contributed by atoms with Crippen LogP contribution >= 0.6 is 0 Å². The van der Waals surface area contributed by atoms with Gasteiger partial charge in [-0.25, -0.2) is 0 Å². The first-order valence-electron chi connectivity index (χ1n) is 6.04. The fourth-order valence-electron chi connectivity index (χ4n) is 2.06. The van der Waals surface area contributed by atoms with E-state index >= 15 is 0 Å². The van der Waals surface area contributed by atoms with Crippen molar-refractivity contribution < 1.29 is 20.3 Å². The molecule has 0 aliphatic carbocycles. The van der Waals surface area contributed by atoms with E-state index < -0.39 is 7.05 Å². The van der Waals surface area contributed by atoms with Crippen LogP contribution in [0.4, 0.5) is 5.82 Å². The Morgan fingerprint density at radius 2 is 2.05 bits per heavy atom. The molecule has 8 heteroatoms. The molecule has 2 heterocycles. The van der Waals surface area contributed by atoms with E-state index in [1.165, 1.54) is 18.1 Å². The quantitative estimate of drug-likeness (QED) is 0.724. The summed E-state index contributed by atoms with van der Waals surface area (Å²) in [6.07, 6.45) is 1.57. The van der Waals surface area contributed by atoms with Crippen LogP contribution in [0, 0.1) is 0 Å². The summed E-state index contributed by atoms with van der Waals surface area (Å²) in [5, 5.41) is 24.0. The van der Waals surface area contributed by atoms with Gasteiger partial charge in [0.25, 0.3) is 0 Å². The van der Waals surface area contributed by atoms with E-state index in [1.54, 1.807) is 36.5 Å². The average Bonchev–Trinajstić information content (AvgIpc) is 2.47. The van der Waals surface area contributed by atoms with E-state index in [1.807, 2.05) is 0 Å². The van der Waals surface area contributed by atoms with Crippen molar-refractivity contribution in [2.24, 2.45) is 5.10 Å². The van der Waals surface area contributed by atoms with Crippen molar-refractivity contribution in [3.8, 4) is 11.6 Å². The molecule has 3 rings (SSSR count). The van der Waals surface area contributed by atoms with Gasteiger partial charge in [0.2, 0.25) is 5.88 Å². The summed E-state index contributed by atoms with van der Waals surface area (Å²) >= 11 is 0. The van der Waals surface area contributed by atoms with Crippen molar-refractivity contribution in [3.63, 3.8) is 0 Å². The smallest absolute Gasteiger partial charge is 0.473 e. The number of phenols is 1. The molecule has 1 aliphatic heterocycles. The number of nitrogens with zero attached hydrogens (tertiary/aromatic N) is 3. The highest BCUT2D eigenvalue weighted by Crippen LogP contribution is 2.20. The number of aromatic nitrogens is 1. The average molecular weight is 287 g/mol. The molecule has 7 nitrogen and oxygen atoms in total. The number of aromatic hydroxyl groups is 1. The maximum atomic E-state index is 10.4. The van der Waals surface area contributed by atoms with Crippen LogP contribution in [0.1, 0.15) is 5.56 Å². The van der Waals surface area contributed by atoms with Gasteiger partial charge in [-0.1, -0.05) is 12.1 Å². The Morgan fingerprint density at radius 1 is 1.24 bits per heavy atom. The van der Waals surface area contributed by atoms with E-state index in [9.17, 15) is 10.1 Å². The van der Waals surface area contributed by atoms with Crippen LogP contribution in [0.25, 0.3) is 0 Å². The molecule has 0 bridgehead atoms. The monoisotopic (exact) mass is 287 g/mol. The minimum absolute atomic E-state index is 0. The molecule has 108 valence electrons. The van der Waals surface area contributed by atoms with Crippen molar-refractivity contribution >= 4 is 24.5 Å². The van der Waals surface area contributed by atoms with E-state index in [4.69, 9.17) is 4.74 Å². The first-order chi connectivity index (χ1) is 9.69. The van der Waals surface area contributed by atoms with Crippen molar-refractivity contribution in [3.05, 3.63) is 42.0 Å². The number of fused-ring (bicyclic) bond motifs is 1. The molecule has 0 saturated carbocycles. The third kappa shape index (κ3) is 2.67.